The highest BCUT2D eigenvalue weighted by Crippen LogP contribution is 2.11. The van der Waals surface area contributed by atoms with Crippen molar-refractivity contribution in [3.63, 3.8) is 0 Å². The maximum atomic E-state index is 5.81. The van der Waals surface area contributed by atoms with E-state index in [-0.39, 0.29) is 6.10 Å². The predicted molar refractivity (Wildman–Crippen MR) is 75.8 cm³/mol. The Morgan fingerprint density at radius 3 is 3.00 bits per heavy atom. The number of hydrogen-bond acceptors (Lipinski definition) is 3. The quantitative estimate of drug-likeness (QED) is 0.522. The van der Waals surface area contributed by atoms with Crippen LogP contribution >= 0.6 is 0 Å². The third kappa shape index (κ3) is 5.69. The van der Waals surface area contributed by atoms with Crippen LogP contribution in [0.2, 0.25) is 0 Å². The summed E-state index contributed by atoms with van der Waals surface area (Å²) in [5.41, 5.74) is 5.81. The van der Waals surface area contributed by atoms with Crippen molar-refractivity contribution >= 4 is 5.96 Å². The summed E-state index contributed by atoms with van der Waals surface area (Å²) in [6, 6.07) is 0.608. The number of hydrogen-bond donors (Lipinski definition) is 2. The topological polar surface area (TPSA) is 62.9 Å². The molecule has 1 aliphatic heterocycles. The number of likely N-dealkylation sites (N-methyl/N-ethyl adjacent to an activating group) is 1. The molecule has 0 unspecified atom stereocenters. The Balaban J connectivity index is 2.11. The van der Waals surface area contributed by atoms with Gasteiger partial charge in [0.25, 0.3) is 0 Å². The fourth-order valence-electron chi connectivity index (χ4n) is 1.94. The molecule has 0 bridgehead atoms. The van der Waals surface area contributed by atoms with Crippen molar-refractivity contribution in [2.75, 3.05) is 33.3 Å². The van der Waals surface area contributed by atoms with Crippen molar-refractivity contribution in [3.05, 3.63) is 0 Å². The molecule has 5 heteroatoms. The average molecular weight is 256 g/mol. The molecular formula is C13H28N4O. The van der Waals surface area contributed by atoms with E-state index in [2.05, 4.69) is 36.1 Å². The lowest BCUT2D eigenvalue weighted by molar-refractivity contribution is 0.117. The maximum absolute atomic E-state index is 5.81. The molecule has 1 saturated heterocycles. The molecule has 0 aromatic heterocycles. The average Bonchev–Trinajstić information content (AvgIpc) is 2.88. The van der Waals surface area contributed by atoms with Crippen molar-refractivity contribution < 1.29 is 4.74 Å². The first-order chi connectivity index (χ1) is 8.63. The Morgan fingerprint density at radius 2 is 2.39 bits per heavy atom. The maximum Gasteiger partial charge on any atom is 0.188 e. The minimum absolute atomic E-state index is 0.271. The van der Waals surface area contributed by atoms with Gasteiger partial charge >= 0.3 is 0 Å². The van der Waals surface area contributed by atoms with Crippen LogP contribution in [0.25, 0.3) is 0 Å². The van der Waals surface area contributed by atoms with Gasteiger partial charge < -0.3 is 20.7 Å². The summed E-state index contributed by atoms with van der Waals surface area (Å²) >= 11 is 0. The fourth-order valence-corrected chi connectivity index (χ4v) is 1.94. The number of rotatable bonds is 7. The molecule has 0 aliphatic carbocycles. The van der Waals surface area contributed by atoms with E-state index in [9.17, 15) is 0 Å². The van der Waals surface area contributed by atoms with Crippen molar-refractivity contribution in [1.82, 2.24) is 10.2 Å². The van der Waals surface area contributed by atoms with Gasteiger partial charge in [0.1, 0.15) is 0 Å². The van der Waals surface area contributed by atoms with Crippen molar-refractivity contribution in [1.29, 1.82) is 0 Å². The zero-order chi connectivity index (χ0) is 13.4. The molecule has 2 atom stereocenters. The van der Waals surface area contributed by atoms with E-state index in [0.717, 1.165) is 32.5 Å². The Labute approximate surface area is 111 Å². The zero-order valence-corrected chi connectivity index (χ0v) is 12.0. The van der Waals surface area contributed by atoms with Gasteiger partial charge in [-0.1, -0.05) is 6.92 Å². The molecule has 0 spiro atoms. The van der Waals surface area contributed by atoms with Crippen molar-refractivity contribution in [3.8, 4) is 0 Å². The second kappa shape index (κ2) is 8.32. The summed E-state index contributed by atoms with van der Waals surface area (Å²) in [6.45, 7) is 7.79. The summed E-state index contributed by atoms with van der Waals surface area (Å²) in [4.78, 5) is 6.63. The van der Waals surface area contributed by atoms with Crippen LogP contribution in [-0.4, -0.2) is 56.3 Å². The van der Waals surface area contributed by atoms with E-state index < -0.39 is 0 Å². The number of nitrogens with one attached hydrogen (secondary N) is 1. The molecule has 106 valence electrons. The Hall–Kier alpha value is -0.810. The highest BCUT2D eigenvalue weighted by molar-refractivity contribution is 5.77. The zero-order valence-electron chi connectivity index (χ0n) is 12.0. The predicted octanol–water partition coefficient (Wildman–Crippen LogP) is 0.800. The molecule has 0 aromatic rings. The monoisotopic (exact) mass is 256 g/mol. The van der Waals surface area contributed by atoms with Gasteiger partial charge in [0.2, 0.25) is 0 Å². The molecule has 18 heavy (non-hydrogen) atoms. The summed E-state index contributed by atoms with van der Waals surface area (Å²) in [6.07, 6.45) is 3.69. The van der Waals surface area contributed by atoms with Gasteiger partial charge in [-0.15, -0.1) is 0 Å². The standard InChI is InChI=1S/C13H28N4O/c1-4-11(2)17(3)8-7-15-13(14)16-10-12-6-5-9-18-12/h11-12H,4-10H2,1-3H3,(H3,14,15,16)/t11-,12+/m0/s1. The molecule has 0 aromatic carbocycles. The lowest BCUT2D eigenvalue weighted by atomic mass is 10.2. The van der Waals surface area contributed by atoms with E-state index >= 15 is 0 Å². The largest absolute Gasteiger partial charge is 0.376 e. The molecule has 1 heterocycles. The summed E-state index contributed by atoms with van der Waals surface area (Å²) in [5.74, 6) is 0.531. The first-order valence-corrected chi connectivity index (χ1v) is 6.99. The van der Waals surface area contributed by atoms with Crippen molar-refractivity contribution in [2.24, 2.45) is 10.7 Å². The highest BCUT2D eigenvalue weighted by atomic mass is 16.5. The summed E-state index contributed by atoms with van der Waals surface area (Å²) in [7, 11) is 2.13. The van der Waals surface area contributed by atoms with E-state index in [1.165, 1.54) is 6.42 Å². The Morgan fingerprint density at radius 1 is 1.61 bits per heavy atom. The van der Waals surface area contributed by atoms with Crippen LogP contribution in [0.3, 0.4) is 0 Å². The van der Waals surface area contributed by atoms with E-state index in [0.29, 0.717) is 18.5 Å². The SMILES string of the molecule is CC[C@H](C)N(C)CCNC(N)=NC[C@H]1CCCO1. The third-order valence-electron chi connectivity index (χ3n) is 3.60. The number of aliphatic imine (C=N–C) groups is 1. The smallest absolute Gasteiger partial charge is 0.188 e. The second-order valence-electron chi connectivity index (χ2n) is 5.03. The molecule has 5 nitrogen and oxygen atoms in total. The van der Waals surface area contributed by atoms with Gasteiger partial charge in [-0.05, 0) is 33.2 Å². The fraction of sp³-hybridized carbons (Fsp3) is 0.923. The van der Waals surface area contributed by atoms with Gasteiger partial charge in [0.05, 0.1) is 12.6 Å². The first-order valence-electron chi connectivity index (χ1n) is 6.99. The van der Waals surface area contributed by atoms with Crippen LogP contribution in [0.15, 0.2) is 4.99 Å². The lowest BCUT2D eigenvalue weighted by Crippen LogP contribution is -2.40. The van der Waals surface area contributed by atoms with Gasteiger partial charge in [-0.2, -0.15) is 0 Å². The van der Waals surface area contributed by atoms with Crippen LogP contribution in [0.5, 0.6) is 0 Å². The third-order valence-corrected chi connectivity index (χ3v) is 3.60. The minimum Gasteiger partial charge on any atom is -0.376 e. The van der Waals surface area contributed by atoms with E-state index in [4.69, 9.17) is 10.5 Å². The normalized spacial score (nSPS) is 22.4. The second-order valence-corrected chi connectivity index (χ2v) is 5.03. The van der Waals surface area contributed by atoms with Gasteiger partial charge in [-0.25, -0.2) is 0 Å². The molecule has 0 radical (unpaired) electrons. The summed E-state index contributed by atoms with van der Waals surface area (Å²) in [5, 5.41) is 3.15. The van der Waals surface area contributed by atoms with E-state index in [1.54, 1.807) is 0 Å². The Kier molecular flexibility index (Phi) is 7.05. The van der Waals surface area contributed by atoms with Crippen molar-refractivity contribution in [2.45, 2.75) is 45.3 Å². The lowest BCUT2D eigenvalue weighted by Gasteiger charge is -2.23. The van der Waals surface area contributed by atoms with Crippen LogP contribution in [0.4, 0.5) is 0 Å². The molecule has 0 saturated carbocycles. The van der Waals surface area contributed by atoms with E-state index in [1.807, 2.05) is 0 Å². The summed E-state index contributed by atoms with van der Waals surface area (Å²) < 4.78 is 5.49. The van der Waals surface area contributed by atoms with Crippen LogP contribution in [-0.2, 0) is 4.74 Å². The number of nitrogens with two attached hydrogens (primary N) is 1. The minimum atomic E-state index is 0.271. The van der Waals surface area contributed by atoms with Crippen LogP contribution in [0.1, 0.15) is 33.1 Å². The molecule has 1 aliphatic rings. The van der Waals surface area contributed by atoms with Gasteiger partial charge in [0, 0.05) is 25.7 Å². The number of guanidine groups is 1. The molecule has 1 rings (SSSR count). The van der Waals surface area contributed by atoms with Gasteiger partial charge in [-0.3, -0.25) is 4.99 Å². The van der Waals surface area contributed by atoms with Crippen LogP contribution in [0, 0.1) is 0 Å². The molecule has 0 amide bonds. The number of ether oxygens (including phenoxy) is 1. The Bertz CT molecular complexity index is 251. The molecular weight excluding hydrogens is 228 g/mol. The number of nitrogens with zero attached hydrogens (tertiary/aromatic N) is 2. The van der Waals surface area contributed by atoms with Gasteiger partial charge in [0.15, 0.2) is 5.96 Å². The molecule has 3 N–H and O–H groups in total. The highest BCUT2D eigenvalue weighted by Gasteiger charge is 2.14. The van der Waals surface area contributed by atoms with Crippen LogP contribution < -0.4 is 11.1 Å². The molecule has 1 fully saturated rings. The first kappa shape index (κ1) is 15.2.